The Morgan fingerprint density at radius 2 is 1.03 bits per heavy atom. The number of thioether (sulfide) groups is 2. The van der Waals surface area contributed by atoms with Crippen molar-refractivity contribution in [2.75, 3.05) is 0 Å². The number of non-ortho nitro benzene ring substituents is 2. The molecule has 0 bridgehead atoms. The van der Waals surface area contributed by atoms with Crippen LogP contribution in [0.15, 0.2) is 80.3 Å². The highest BCUT2D eigenvalue weighted by Crippen LogP contribution is 2.42. The third-order valence-corrected chi connectivity index (χ3v) is 7.49. The maximum atomic E-state index is 10.8. The summed E-state index contributed by atoms with van der Waals surface area (Å²) in [6, 6.07) is 13.2. The Labute approximate surface area is 184 Å². The van der Waals surface area contributed by atoms with E-state index in [-0.39, 0.29) is 23.2 Å². The number of rotatable bonds is 9. The Hall–Kier alpha value is -2.58. The number of hydrogen-bond acceptors (Lipinski definition) is 6. The van der Waals surface area contributed by atoms with Gasteiger partial charge >= 0.3 is 0 Å². The van der Waals surface area contributed by atoms with E-state index in [9.17, 15) is 20.2 Å². The largest absolute Gasteiger partial charge is 0.269 e. The first-order valence-electron chi connectivity index (χ1n) is 9.43. The topological polar surface area (TPSA) is 86.3 Å². The molecule has 0 saturated carbocycles. The van der Waals surface area contributed by atoms with Gasteiger partial charge < -0.3 is 0 Å². The highest BCUT2D eigenvalue weighted by molar-refractivity contribution is 8.03. The maximum absolute atomic E-state index is 10.8. The SMILES string of the molecule is C/C=C(/Sc1ccc([N+](=O)[O-])cc1)C(C)C(C)/C(=C\C)Sc1ccc([N+](=O)[O-])cc1. The summed E-state index contributed by atoms with van der Waals surface area (Å²) in [4.78, 5) is 25.2. The average Bonchev–Trinajstić information content (AvgIpc) is 2.75. The first kappa shape index (κ1) is 23.7. The lowest BCUT2D eigenvalue weighted by molar-refractivity contribution is -0.385. The monoisotopic (exact) mass is 444 g/mol. The van der Waals surface area contributed by atoms with E-state index in [4.69, 9.17) is 0 Å². The molecule has 0 radical (unpaired) electrons. The van der Waals surface area contributed by atoms with E-state index in [1.165, 1.54) is 34.1 Å². The van der Waals surface area contributed by atoms with Crippen LogP contribution < -0.4 is 0 Å². The molecule has 0 N–H and O–H groups in total. The fourth-order valence-electron chi connectivity index (χ4n) is 2.87. The lowest BCUT2D eigenvalue weighted by atomic mass is 9.94. The number of nitro benzene ring substituents is 2. The van der Waals surface area contributed by atoms with Crippen molar-refractivity contribution in [2.24, 2.45) is 11.8 Å². The van der Waals surface area contributed by atoms with Gasteiger partial charge in [-0.3, -0.25) is 20.2 Å². The molecule has 2 aromatic carbocycles. The second-order valence-corrected chi connectivity index (χ2v) is 8.96. The molecule has 0 fully saturated rings. The zero-order valence-corrected chi connectivity index (χ0v) is 18.9. The number of nitrogens with zero attached hydrogens (tertiary/aromatic N) is 2. The molecular formula is C22H24N2O4S2. The molecule has 0 aliphatic carbocycles. The van der Waals surface area contributed by atoms with Crippen LogP contribution >= 0.6 is 23.5 Å². The minimum atomic E-state index is -0.399. The van der Waals surface area contributed by atoms with Gasteiger partial charge in [-0.15, -0.1) is 0 Å². The fourth-order valence-corrected chi connectivity index (χ4v) is 4.97. The Bertz CT molecular complexity index is 875. The van der Waals surface area contributed by atoms with E-state index in [2.05, 4.69) is 26.0 Å². The molecule has 2 rings (SSSR count). The quantitative estimate of drug-likeness (QED) is 0.226. The van der Waals surface area contributed by atoms with Gasteiger partial charge in [0.05, 0.1) is 9.85 Å². The Morgan fingerprint density at radius 3 is 1.27 bits per heavy atom. The van der Waals surface area contributed by atoms with E-state index >= 15 is 0 Å². The van der Waals surface area contributed by atoms with Crippen molar-refractivity contribution in [3.05, 3.63) is 90.7 Å². The van der Waals surface area contributed by atoms with E-state index in [0.717, 1.165) is 9.79 Å². The van der Waals surface area contributed by atoms with Gasteiger partial charge in [0.2, 0.25) is 0 Å². The van der Waals surface area contributed by atoms with Crippen LogP contribution in [0.4, 0.5) is 11.4 Å². The summed E-state index contributed by atoms with van der Waals surface area (Å²) in [6.07, 6.45) is 4.16. The average molecular weight is 445 g/mol. The Morgan fingerprint density at radius 1 is 0.733 bits per heavy atom. The van der Waals surface area contributed by atoms with Gasteiger partial charge in [-0.25, -0.2) is 0 Å². The second kappa shape index (κ2) is 11.0. The highest BCUT2D eigenvalue weighted by atomic mass is 32.2. The second-order valence-electron chi connectivity index (χ2n) is 6.67. The first-order valence-corrected chi connectivity index (χ1v) is 11.1. The normalized spacial score (nSPS) is 14.3. The standard InChI is InChI=1S/C22H24N2O4S2/c1-5-21(29-19-11-7-17(8-12-19)23(25)26)15(3)16(4)22(6-2)30-20-13-9-18(10-14-20)24(27)28/h5-16H,1-4H3/b21-5+,22-6+. The summed E-state index contributed by atoms with van der Waals surface area (Å²) in [5, 5.41) is 21.7. The maximum Gasteiger partial charge on any atom is 0.269 e. The van der Waals surface area contributed by atoms with Crippen molar-refractivity contribution < 1.29 is 9.85 Å². The van der Waals surface area contributed by atoms with E-state index in [0.29, 0.717) is 0 Å². The lowest BCUT2D eigenvalue weighted by Crippen LogP contribution is -2.10. The van der Waals surface area contributed by atoms with Crippen LogP contribution in [0.2, 0.25) is 0 Å². The molecule has 8 heteroatoms. The summed E-state index contributed by atoms with van der Waals surface area (Å²) in [5.41, 5.74) is 0.164. The molecule has 2 aromatic rings. The van der Waals surface area contributed by atoms with Gasteiger partial charge in [0.1, 0.15) is 0 Å². The van der Waals surface area contributed by atoms with Crippen molar-refractivity contribution in [2.45, 2.75) is 37.5 Å². The molecule has 6 nitrogen and oxygen atoms in total. The smallest absolute Gasteiger partial charge is 0.258 e. The molecular weight excluding hydrogens is 420 g/mol. The zero-order valence-electron chi connectivity index (χ0n) is 17.3. The van der Waals surface area contributed by atoms with Crippen LogP contribution in [0.1, 0.15) is 27.7 Å². The summed E-state index contributed by atoms with van der Waals surface area (Å²) in [7, 11) is 0. The number of hydrogen-bond donors (Lipinski definition) is 0. The van der Waals surface area contributed by atoms with Crippen LogP contribution in [-0.2, 0) is 0 Å². The van der Waals surface area contributed by atoms with Crippen LogP contribution in [0.3, 0.4) is 0 Å². The summed E-state index contributed by atoms with van der Waals surface area (Å²) >= 11 is 3.22. The van der Waals surface area contributed by atoms with Gasteiger partial charge in [-0.05, 0) is 59.8 Å². The summed E-state index contributed by atoms with van der Waals surface area (Å²) < 4.78 is 0. The molecule has 2 unspecified atom stereocenters. The van der Waals surface area contributed by atoms with Crippen molar-refractivity contribution in [3.8, 4) is 0 Å². The van der Waals surface area contributed by atoms with Gasteiger partial charge in [-0.2, -0.15) is 0 Å². The third kappa shape index (κ3) is 6.21. The van der Waals surface area contributed by atoms with Crippen molar-refractivity contribution in [1.29, 1.82) is 0 Å². The van der Waals surface area contributed by atoms with Crippen LogP contribution in [0.25, 0.3) is 0 Å². The molecule has 0 aliphatic rings. The predicted molar refractivity (Wildman–Crippen MR) is 124 cm³/mol. The predicted octanol–water partition coefficient (Wildman–Crippen LogP) is 7.47. The third-order valence-electron chi connectivity index (χ3n) is 4.78. The highest BCUT2D eigenvalue weighted by Gasteiger charge is 2.22. The molecule has 0 spiro atoms. The first-order chi connectivity index (χ1) is 14.3. The molecule has 2 atom stereocenters. The number of nitro groups is 2. The molecule has 30 heavy (non-hydrogen) atoms. The molecule has 0 aliphatic heterocycles. The molecule has 0 aromatic heterocycles. The van der Waals surface area contributed by atoms with Gasteiger partial charge in [-0.1, -0.05) is 49.5 Å². The molecule has 0 amide bonds. The lowest BCUT2D eigenvalue weighted by Gasteiger charge is -2.25. The van der Waals surface area contributed by atoms with E-state index in [1.54, 1.807) is 47.8 Å². The van der Waals surface area contributed by atoms with E-state index in [1.807, 2.05) is 13.8 Å². The number of benzene rings is 2. The summed E-state index contributed by atoms with van der Waals surface area (Å²) in [6.45, 7) is 8.32. The summed E-state index contributed by atoms with van der Waals surface area (Å²) in [5.74, 6) is 0.457. The minimum Gasteiger partial charge on any atom is -0.258 e. The van der Waals surface area contributed by atoms with Gasteiger partial charge in [0.15, 0.2) is 0 Å². The van der Waals surface area contributed by atoms with Crippen molar-refractivity contribution >= 4 is 34.9 Å². The van der Waals surface area contributed by atoms with Crippen LogP contribution in [-0.4, -0.2) is 9.85 Å². The van der Waals surface area contributed by atoms with Crippen LogP contribution in [0.5, 0.6) is 0 Å². The van der Waals surface area contributed by atoms with Gasteiger partial charge in [0, 0.05) is 34.1 Å². The molecule has 158 valence electrons. The fraction of sp³-hybridized carbons (Fsp3) is 0.273. The van der Waals surface area contributed by atoms with Crippen molar-refractivity contribution in [3.63, 3.8) is 0 Å². The van der Waals surface area contributed by atoms with E-state index < -0.39 is 9.85 Å². The Balaban J connectivity index is 2.10. The molecule has 0 heterocycles. The zero-order chi connectivity index (χ0) is 22.3. The minimum absolute atomic E-state index is 0.0819. The Kier molecular flexibility index (Phi) is 8.68. The van der Waals surface area contributed by atoms with Gasteiger partial charge in [0.25, 0.3) is 11.4 Å². The van der Waals surface area contributed by atoms with Crippen molar-refractivity contribution in [1.82, 2.24) is 0 Å². The number of allylic oxidation sites excluding steroid dienone is 4. The van der Waals surface area contributed by atoms with Crippen LogP contribution in [0, 0.1) is 32.1 Å². The molecule has 0 saturated heterocycles.